The molecule has 3 aliphatic carbocycles. The molecular formula is C24H50Si2Zr. The fraction of sp³-hybridized carbons (Fsp3) is 0.917. The van der Waals surface area contributed by atoms with Gasteiger partial charge in [0, 0.05) is 0 Å². The SMILES string of the molecule is C1CCCC1.C1CCCC1.C[Si](C)(C)[CH-]C1CCCCC1[CH-][Si](C)(C)C.[Zr+2]. The third-order valence-electron chi connectivity index (χ3n) is 5.80. The minimum atomic E-state index is -0.991. The quantitative estimate of drug-likeness (QED) is 0.275. The Labute approximate surface area is 194 Å². The van der Waals surface area contributed by atoms with E-state index in [1.165, 1.54) is 89.9 Å². The molecule has 0 nitrogen and oxygen atoms in total. The van der Waals surface area contributed by atoms with Gasteiger partial charge in [-0.2, -0.15) is 11.8 Å². The van der Waals surface area contributed by atoms with Crippen LogP contribution in [0.4, 0.5) is 0 Å². The summed E-state index contributed by atoms with van der Waals surface area (Å²) in [5, 5.41) is 0. The smallest absolute Gasteiger partial charge is 0.327 e. The van der Waals surface area contributed by atoms with Gasteiger partial charge in [0.15, 0.2) is 0 Å². The van der Waals surface area contributed by atoms with Crippen molar-refractivity contribution in [1.82, 2.24) is 0 Å². The second-order valence-electron chi connectivity index (χ2n) is 11.2. The summed E-state index contributed by atoms with van der Waals surface area (Å²) in [6.45, 7) is 14.9. The molecule has 0 saturated heterocycles. The van der Waals surface area contributed by atoms with Crippen molar-refractivity contribution in [3.8, 4) is 0 Å². The fourth-order valence-electron chi connectivity index (χ4n) is 4.65. The molecule has 0 aromatic carbocycles. The molecule has 2 unspecified atom stereocenters. The van der Waals surface area contributed by atoms with Crippen LogP contribution in [0.3, 0.4) is 0 Å². The molecule has 0 N–H and O–H groups in total. The van der Waals surface area contributed by atoms with Crippen molar-refractivity contribution in [2.24, 2.45) is 11.8 Å². The molecule has 2 atom stereocenters. The summed E-state index contributed by atoms with van der Waals surface area (Å²) in [5.41, 5.74) is 0. The Morgan fingerprint density at radius 2 is 0.667 bits per heavy atom. The summed E-state index contributed by atoms with van der Waals surface area (Å²) >= 11 is 0. The largest absolute Gasteiger partial charge is 2.00 e. The summed E-state index contributed by atoms with van der Waals surface area (Å²) in [7, 11) is -1.98. The molecular weight excluding hydrogens is 436 g/mol. The van der Waals surface area contributed by atoms with Crippen LogP contribution in [0.2, 0.25) is 39.3 Å². The van der Waals surface area contributed by atoms with Crippen LogP contribution in [0.15, 0.2) is 0 Å². The van der Waals surface area contributed by atoms with Crippen molar-refractivity contribution in [3.05, 3.63) is 12.1 Å². The Bertz CT molecular complexity index is 286. The second kappa shape index (κ2) is 15.2. The van der Waals surface area contributed by atoms with Crippen LogP contribution in [-0.2, 0) is 26.2 Å². The van der Waals surface area contributed by atoms with E-state index < -0.39 is 16.1 Å². The molecule has 3 rings (SSSR count). The van der Waals surface area contributed by atoms with E-state index in [9.17, 15) is 0 Å². The molecule has 0 heterocycles. The molecule has 0 aromatic rings. The molecule has 0 aliphatic heterocycles. The molecule has 0 bridgehead atoms. The summed E-state index contributed by atoms with van der Waals surface area (Å²) < 4.78 is 0. The van der Waals surface area contributed by atoms with Crippen LogP contribution in [-0.4, -0.2) is 16.1 Å². The minimum absolute atomic E-state index is 0. The summed E-state index contributed by atoms with van der Waals surface area (Å²) in [4.78, 5) is 0. The van der Waals surface area contributed by atoms with Gasteiger partial charge >= 0.3 is 26.2 Å². The zero-order chi connectivity index (χ0) is 19.5. The van der Waals surface area contributed by atoms with Gasteiger partial charge in [0.1, 0.15) is 0 Å². The molecule has 3 fully saturated rings. The van der Waals surface area contributed by atoms with E-state index in [-0.39, 0.29) is 26.2 Å². The van der Waals surface area contributed by atoms with Crippen molar-refractivity contribution < 1.29 is 26.2 Å². The third kappa shape index (κ3) is 16.8. The first-order valence-electron chi connectivity index (χ1n) is 11.9. The van der Waals surface area contributed by atoms with Gasteiger partial charge in [-0.05, 0) is 0 Å². The Hall–Kier alpha value is 1.32. The van der Waals surface area contributed by atoms with Gasteiger partial charge in [0.05, 0.1) is 0 Å². The topological polar surface area (TPSA) is 0 Å². The van der Waals surface area contributed by atoms with E-state index in [1.807, 2.05) is 0 Å². The Morgan fingerprint density at radius 3 is 0.852 bits per heavy atom. The zero-order valence-electron chi connectivity index (χ0n) is 19.7. The monoisotopic (exact) mass is 484 g/mol. The van der Waals surface area contributed by atoms with E-state index in [4.69, 9.17) is 0 Å². The molecule has 3 saturated carbocycles. The molecule has 3 aliphatic rings. The number of hydrogen-bond donors (Lipinski definition) is 0. The van der Waals surface area contributed by atoms with Crippen molar-refractivity contribution in [2.75, 3.05) is 0 Å². The van der Waals surface area contributed by atoms with Gasteiger partial charge in [-0.1, -0.05) is 129 Å². The third-order valence-corrected chi connectivity index (χ3v) is 8.66. The maximum Gasteiger partial charge on any atom is 2.00 e. The van der Waals surface area contributed by atoms with Crippen LogP contribution >= 0.6 is 0 Å². The van der Waals surface area contributed by atoms with Gasteiger partial charge in [0.25, 0.3) is 0 Å². The van der Waals surface area contributed by atoms with Crippen LogP contribution in [0, 0.1) is 23.9 Å². The zero-order valence-corrected chi connectivity index (χ0v) is 24.2. The average Bonchev–Trinajstić information content (AvgIpc) is 3.25. The predicted octanol–water partition coefficient (Wildman–Crippen LogP) is 8.85. The molecule has 0 spiro atoms. The van der Waals surface area contributed by atoms with E-state index in [1.54, 1.807) is 0 Å². The first kappa shape index (κ1) is 28.3. The maximum atomic E-state index is 2.76. The standard InChI is InChI=1S/C14H30Si2.2C5H10.Zr/c1-15(2,3)11-13-9-7-8-10-14(13)12-16(4,5)6;2*1-2-4-5-3-1;/h11-14H,7-10H2,1-6H3;2*1-5H2;/q-2;;;+2. The van der Waals surface area contributed by atoms with Gasteiger partial charge in [-0.15, -0.1) is 16.1 Å². The maximum absolute atomic E-state index is 2.76. The van der Waals surface area contributed by atoms with Gasteiger partial charge in [-0.25, -0.2) is 0 Å². The first-order chi connectivity index (χ1) is 12.2. The van der Waals surface area contributed by atoms with E-state index in [0.29, 0.717) is 0 Å². The summed E-state index contributed by atoms with van der Waals surface area (Å²) in [6, 6.07) is 5.51. The average molecular weight is 486 g/mol. The van der Waals surface area contributed by atoms with Gasteiger partial charge in [0.2, 0.25) is 0 Å². The van der Waals surface area contributed by atoms with Crippen molar-refractivity contribution in [2.45, 2.75) is 129 Å². The second-order valence-corrected chi connectivity index (χ2v) is 21.3. The van der Waals surface area contributed by atoms with E-state index >= 15 is 0 Å². The van der Waals surface area contributed by atoms with Crippen molar-refractivity contribution in [1.29, 1.82) is 0 Å². The first-order valence-corrected chi connectivity index (χ1v) is 19.0. The predicted molar refractivity (Wildman–Crippen MR) is 127 cm³/mol. The fourth-order valence-corrected chi connectivity index (χ4v) is 8.05. The Kier molecular flexibility index (Phi) is 15.9. The van der Waals surface area contributed by atoms with Crippen LogP contribution in [0.1, 0.15) is 89.9 Å². The normalized spacial score (nSPS) is 25.6. The molecule has 0 aromatic heterocycles. The van der Waals surface area contributed by atoms with E-state index in [2.05, 4.69) is 51.4 Å². The van der Waals surface area contributed by atoms with Gasteiger partial charge < -0.3 is 12.1 Å². The van der Waals surface area contributed by atoms with Crippen molar-refractivity contribution in [3.63, 3.8) is 0 Å². The molecule has 0 radical (unpaired) electrons. The number of rotatable bonds is 4. The number of hydrogen-bond acceptors (Lipinski definition) is 0. The van der Waals surface area contributed by atoms with Crippen LogP contribution < -0.4 is 0 Å². The molecule has 3 heteroatoms. The summed E-state index contributed by atoms with van der Waals surface area (Å²) in [6.07, 6.45) is 20.8. The minimum Gasteiger partial charge on any atom is -0.327 e. The van der Waals surface area contributed by atoms with Crippen LogP contribution in [0.5, 0.6) is 0 Å². The molecule has 27 heavy (non-hydrogen) atoms. The molecule has 158 valence electrons. The Balaban J connectivity index is 0.000000496. The van der Waals surface area contributed by atoms with Gasteiger partial charge in [-0.3, -0.25) is 0 Å². The Morgan fingerprint density at radius 1 is 0.444 bits per heavy atom. The van der Waals surface area contributed by atoms with E-state index in [0.717, 1.165) is 11.8 Å². The summed E-state index contributed by atoms with van der Waals surface area (Å²) in [5.74, 6) is 1.82. The van der Waals surface area contributed by atoms with Crippen LogP contribution in [0.25, 0.3) is 0 Å². The van der Waals surface area contributed by atoms with Crippen molar-refractivity contribution >= 4 is 16.1 Å². The molecule has 0 amide bonds.